The lowest BCUT2D eigenvalue weighted by Gasteiger charge is -2.09. The van der Waals surface area contributed by atoms with E-state index in [2.05, 4.69) is 36.3 Å². The highest BCUT2D eigenvalue weighted by Gasteiger charge is 2.21. The molecule has 0 saturated carbocycles. The van der Waals surface area contributed by atoms with E-state index in [0.29, 0.717) is 38.1 Å². The van der Waals surface area contributed by atoms with Gasteiger partial charge in [0.25, 0.3) is 5.91 Å². The molecular weight excluding hydrogens is 466 g/mol. The number of nitrogens with one attached hydrogen (secondary N) is 3. The van der Waals surface area contributed by atoms with Crippen LogP contribution in [0.3, 0.4) is 0 Å². The second-order valence-electron chi connectivity index (χ2n) is 6.87. The van der Waals surface area contributed by atoms with Gasteiger partial charge in [0.1, 0.15) is 5.56 Å². The van der Waals surface area contributed by atoms with Gasteiger partial charge in [0, 0.05) is 4.47 Å². The Morgan fingerprint density at radius 3 is 2.52 bits per heavy atom. The number of carbonyl (C=O) groups is 2. The highest BCUT2D eigenvalue weighted by molar-refractivity contribution is 9.10. The van der Waals surface area contributed by atoms with Crippen molar-refractivity contribution in [2.45, 2.75) is 13.8 Å². The van der Waals surface area contributed by atoms with Gasteiger partial charge in [-0.1, -0.05) is 18.2 Å². The quantitative estimate of drug-likeness (QED) is 0.376. The van der Waals surface area contributed by atoms with Crippen LogP contribution >= 0.6 is 15.9 Å². The molecule has 0 saturated heterocycles. The first kappa shape index (κ1) is 20.6. The second kappa shape index (κ2) is 8.23. The largest absolute Gasteiger partial charge is 0.452 e. The molecule has 9 nitrogen and oxygen atoms in total. The molecule has 2 heterocycles. The zero-order valence-electron chi connectivity index (χ0n) is 16.7. The van der Waals surface area contributed by atoms with Crippen molar-refractivity contribution in [3.8, 4) is 5.69 Å². The highest BCUT2D eigenvalue weighted by Crippen LogP contribution is 2.26. The van der Waals surface area contributed by atoms with Gasteiger partial charge in [-0.2, -0.15) is 5.10 Å². The van der Waals surface area contributed by atoms with Crippen LogP contribution in [0, 0.1) is 13.8 Å². The topological polar surface area (TPSA) is 122 Å². The van der Waals surface area contributed by atoms with Gasteiger partial charge in [-0.05, 0) is 54.0 Å². The maximum Gasteiger partial charge on any atom is 0.342 e. The SMILES string of the molecule is Cc1nn(-c2ccccc2)c(C)c1C(=O)OCC(=O)Nc1cc2[nH]c(=O)[nH]c2cc1Br. The molecule has 158 valence electrons. The molecule has 1 amide bonds. The predicted octanol–water partition coefficient (Wildman–Crippen LogP) is 3.22. The van der Waals surface area contributed by atoms with Gasteiger partial charge in [0.15, 0.2) is 6.61 Å². The smallest absolute Gasteiger partial charge is 0.342 e. The Balaban J connectivity index is 1.46. The summed E-state index contributed by atoms with van der Waals surface area (Å²) >= 11 is 3.35. The number of para-hydroxylation sites is 1. The van der Waals surface area contributed by atoms with Crippen LogP contribution in [-0.4, -0.2) is 38.2 Å². The summed E-state index contributed by atoms with van der Waals surface area (Å²) in [7, 11) is 0. The molecule has 2 aromatic heterocycles. The third-order valence-corrected chi connectivity index (χ3v) is 5.36. The monoisotopic (exact) mass is 483 g/mol. The van der Waals surface area contributed by atoms with Gasteiger partial charge in [0.05, 0.1) is 33.8 Å². The molecule has 0 radical (unpaired) electrons. The number of fused-ring (bicyclic) bond motifs is 1. The van der Waals surface area contributed by atoms with Crippen LogP contribution in [0.5, 0.6) is 0 Å². The fourth-order valence-corrected chi connectivity index (χ4v) is 3.74. The van der Waals surface area contributed by atoms with Gasteiger partial charge in [-0.15, -0.1) is 0 Å². The molecule has 4 aromatic rings. The number of anilines is 1. The maximum absolute atomic E-state index is 12.6. The van der Waals surface area contributed by atoms with Crippen LogP contribution in [0.4, 0.5) is 5.69 Å². The van der Waals surface area contributed by atoms with Crippen molar-refractivity contribution in [2.24, 2.45) is 0 Å². The molecule has 0 bridgehead atoms. The van der Waals surface area contributed by atoms with Crippen molar-refractivity contribution >= 4 is 44.5 Å². The lowest BCUT2D eigenvalue weighted by atomic mass is 10.2. The Morgan fingerprint density at radius 1 is 1.13 bits per heavy atom. The van der Waals surface area contributed by atoms with Crippen LogP contribution < -0.4 is 11.0 Å². The maximum atomic E-state index is 12.6. The molecule has 0 aliphatic carbocycles. The number of rotatable bonds is 5. The number of aryl methyl sites for hydroxylation is 1. The van der Waals surface area contributed by atoms with Gasteiger partial charge in [-0.25, -0.2) is 14.3 Å². The number of ether oxygens (including phenoxy) is 1. The molecule has 3 N–H and O–H groups in total. The van der Waals surface area contributed by atoms with Crippen LogP contribution in [0.1, 0.15) is 21.7 Å². The number of benzene rings is 2. The molecule has 4 rings (SSSR count). The summed E-state index contributed by atoms with van der Waals surface area (Å²) in [6, 6.07) is 12.7. The lowest BCUT2D eigenvalue weighted by Crippen LogP contribution is -2.21. The predicted molar refractivity (Wildman–Crippen MR) is 119 cm³/mol. The Bertz CT molecular complexity index is 1350. The number of hydrogen-bond donors (Lipinski definition) is 3. The number of nitrogens with zero attached hydrogens (tertiary/aromatic N) is 2. The Hall–Kier alpha value is -3.66. The summed E-state index contributed by atoms with van der Waals surface area (Å²) in [6.07, 6.45) is 0. The highest BCUT2D eigenvalue weighted by atomic mass is 79.9. The minimum Gasteiger partial charge on any atom is -0.452 e. The zero-order chi connectivity index (χ0) is 22.1. The molecule has 2 aromatic carbocycles. The Labute approximate surface area is 184 Å². The fourth-order valence-electron chi connectivity index (χ4n) is 3.30. The third kappa shape index (κ3) is 4.15. The van der Waals surface area contributed by atoms with E-state index in [9.17, 15) is 14.4 Å². The number of halogens is 1. The number of amides is 1. The number of hydrogen-bond acceptors (Lipinski definition) is 5. The van der Waals surface area contributed by atoms with E-state index in [-0.39, 0.29) is 5.69 Å². The number of esters is 1. The van der Waals surface area contributed by atoms with Gasteiger partial charge in [0.2, 0.25) is 0 Å². The molecule has 0 aliphatic heterocycles. The van der Waals surface area contributed by atoms with E-state index < -0.39 is 18.5 Å². The molecule has 0 atom stereocenters. The molecule has 10 heteroatoms. The summed E-state index contributed by atoms with van der Waals surface area (Å²) in [5.41, 5.74) is 3.51. The van der Waals surface area contributed by atoms with Crippen LogP contribution in [0.15, 0.2) is 51.7 Å². The van der Waals surface area contributed by atoms with Crippen LogP contribution in [0.2, 0.25) is 0 Å². The van der Waals surface area contributed by atoms with E-state index in [1.54, 1.807) is 30.7 Å². The number of aromatic nitrogens is 4. The second-order valence-corrected chi connectivity index (χ2v) is 7.73. The first-order chi connectivity index (χ1) is 14.8. The molecule has 0 fully saturated rings. The normalized spacial score (nSPS) is 10.9. The van der Waals surface area contributed by atoms with E-state index in [1.807, 2.05) is 30.3 Å². The summed E-state index contributed by atoms with van der Waals surface area (Å²) in [6.45, 7) is 3.02. The van der Waals surface area contributed by atoms with Crippen LogP contribution in [-0.2, 0) is 9.53 Å². The van der Waals surface area contributed by atoms with E-state index in [1.165, 1.54) is 0 Å². The van der Waals surface area contributed by atoms with Crippen molar-refractivity contribution in [1.29, 1.82) is 0 Å². The van der Waals surface area contributed by atoms with Gasteiger partial charge >= 0.3 is 11.7 Å². The van der Waals surface area contributed by atoms with Crippen molar-refractivity contribution < 1.29 is 14.3 Å². The van der Waals surface area contributed by atoms with Crippen molar-refractivity contribution in [2.75, 3.05) is 11.9 Å². The van der Waals surface area contributed by atoms with Crippen molar-refractivity contribution in [1.82, 2.24) is 19.7 Å². The van der Waals surface area contributed by atoms with E-state index >= 15 is 0 Å². The third-order valence-electron chi connectivity index (χ3n) is 4.71. The first-order valence-electron chi connectivity index (χ1n) is 9.33. The standard InChI is InChI=1S/C21H18BrN5O4/c1-11-19(12(2)27(26-11)13-6-4-3-5-7-13)20(29)31-10-18(28)23-15-9-17-16(8-14(15)22)24-21(30)25-17/h3-9H,10H2,1-2H3,(H,23,28)(H2,24,25,30). The number of imidazole rings is 1. The van der Waals surface area contributed by atoms with Crippen LogP contribution in [0.25, 0.3) is 16.7 Å². The zero-order valence-corrected chi connectivity index (χ0v) is 18.2. The number of aromatic amines is 2. The van der Waals surface area contributed by atoms with E-state index in [0.717, 1.165) is 5.69 Å². The fraction of sp³-hybridized carbons (Fsp3) is 0.143. The van der Waals surface area contributed by atoms with Crippen molar-refractivity contribution in [3.63, 3.8) is 0 Å². The molecule has 0 aliphatic rings. The summed E-state index contributed by atoms with van der Waals surface area (Å²) < 4.78 is 7.46. The van der Waals surface area contributed by atoms with Gasteiger partial charge in [-0.3, -0.25) is 4.79 Å². The molecular formula is C21H18BrN5O4. The first-order valence-corrected chi connectivity index (χ1v) is 10.1. The Morgan fingerprint density at radius 2 is 1.81 bits per heavy atom. The van der Waals surface area contributed by atoms with Crippen molar-refractivity contribution in [3.05, 3.63) is 74.4 Å². The average Bonchev–Trinajstić information content (AvgIpc) is 3.24. The molecule has 0 spiro atoms. The summed E-state index contributed by atoms with van der Waals surface area (Å²) in [5, 5.41) is 7.07. The molecule has 31 heavy (non-hydrogen) atoms. The van der Waals surface area contributed by atoms with E-state index in [4.69, 9.17) is 4.74 Å². The minimum absolute atomic E-state index is 0.323. The summed E-state index contributed by atoms with van der Waals surface area (Å²) in [4.78, 5) is 41.6. The average molecular weight is 484 g/mol. The number of carbonyl (C=O) groups excluding carboxylic acids is 2. The number of H-pyrrole nitrogens is 2. The summed E-state index contributed by atoms with van der Waals surface area (Å²) in [5.74, 6) is -1.14. The lowest BCUT2D eigenvalue weighted by molar-refractivity contribution is -0.119. The Kier molecular flexibility index (Phi) is 5.47. The minimum atomic E-state index is -0.628. The molecule has 0 unspecified atom stereocenters. The van der Waals surface area contributed by atoms with Gasteiger partial charge < -0.3 is 20.0 Å².